The van der Waals surface area contributed by atoms with Gasteiger partial charge in [-0.25, -0.2) is 4.98 Å². The number of carbonyl (C=O) groups is 1. The van der Waals surface area contributed by atoms with Crippen LogP contribution in [0.15, 0.2) is 34.6 Å². The summed E-state index contributed by atoms with van der Waals surface area (Å²) >= 11 is 1.28. The first kappa shape index (κ1) is 18.6. The molecule has 4 rings (SSSR count). The first-order valence-electron chi connectivity index (χ1n) is 8.63. The van der Waals surface area contributed by atoms with Crippen LogP contribution < -0.4 is 5.56 Å². The van der Waals surface area contributed by atoms with Crippen molar-refractivity contribution in [2.24, 2.45) is 5.92 Å². The van der Waals surface area contributed by atoms with E-state index < -0.39 is 12.1 Å². The summed E-state index contributed by atoms with van der Waals surface area (Å²) in [5.74, 6) is -1.49. The van der Waals surface area contributed by atoms with Gasteiger partial charge in [0.15, 0.2) is 5.82 Å². The van der Waals surface area contributed by atoms with Crippen molar-refractivity contribution in [2.45, 2.75) is 19.0 Å². The lowest BCUT2D eigenvalue weighted by Gasteiger charge is -2.33. The summed E-state index contributed by atoms with van der Waals surface area (Å²) in [5.41, 5.74) is 0.865. The predicted molar refractivity (Wildman–Crippen MR) is 98.2 cm³/mol. The monoisotopic (exact) mass is 408 g/mol. The second kappa shape index (κ2) is 7.01. The van der Waals surface area contributed by atoms with Gasteiger partial charge < -0.3 is 9.88 Å². The summed E-state index contributed by atoms with van der Waals surface area (Å²) in [6, 6.07) is 4.72. The molecule has 1 aliphatic rings. The Morgan fingerprint density at radius 2 is 2.00 bits per heavy atom. The SMILES string of the molecule is O=C(c1ccnc(-c2nc3ccsc3c(=O)[nH]2)c1)N1CCC(C(F)(F)F)CC1. The third-order valence-electron chi connectivity index (χ3n) is 4.81. The fourth-order valence-corrected chi connectivity index (χ4v) is 4.01. The fraction of sp³-hybridized carbons (Fsp3) is 0.333. The van der Waals surface area contributed by atoms with Crippen LogP contribution in [0.2, 0.25) is 0 Å². The van der Waals surface area contributed by atoms with E-state index in [0.717, 1.165) is 0 Å². The number of pyridine rings is 1. The van der Waals surface area contributed by atoms with E-state index in [0.29, 0.717) is 21.5 Å². The predicted octanol–water partition coefficient (Wildman–Crippen LogP) is 3.46. The number of rotatable bonds is 2. The van der Waals surface area contributed by atoms with Gasteiger partial charge in [-0.3, -0.25) is 14.6 Å². The van der Waals surface area contributed by atoms with Crippen molar-refractivity contribution in [3.05, 3.63) is 45.7 Å². The number of nitrogens with one attached hydrogen (secondary N) is 1. The van der Waals surface area contributed by atoms with Crippen molar-refractivity contribution in [1.29, 1.82) is 0 Å². The van der Waals surface area contributed by atoms with Crippen molar-refractivity contribution in [1.82, 2.24) is 19.9 Å². The molecule has 0 aliphatic carbocycles. The van der Waals surface area contributed by atoms with Crippen LogP contribution in [0.1, 0.15) is 23.2 Å². The number of halogens is 3. The van der Waals surface area contributed by atoms with E-state index >= 15 is 0 Å². The Labute approximate surface area is 161 Å². The van der Waals surface area contributed by atoms with Crippen LogP contribution in [-0.2, 0) is 0 Å². The number of thiophene rings is 1. The number of fused-ring (bicyclic) bond motifs is 1. The van der Waals surface area contributed by atoms with Crippen LogP contribution >= 0.6 is 11.3 Å². The highest BCUT2D eigenvalue weighted by Crippen LogP contribution is 2.34. The van der Waals surface area contributed by atoms with Crippen molar-refractivity contribution in [3.8, 4) is 11.5 Å². The Bertz CT molecular complexity index is 1080. The number of hydrogen-bond acceptors (Lipinski definition) is 5. The molecule has 0 spiro atoms. The molecule has 28 heavy (non-hydrogen) atoms. The minimum atomic E-state index is -4.23. The number of carbonyl (C=O) groups excluding carboxylic acids is 1. The van der Waals surface area contributed by atoms with Gasteiger partial charge in [-0.15, -0.1) is 11.3 Å². The molecule has 3 aromatic rings. The molecule has 10 heteroatoms. The van der Waals surface area contributed by atoms with Gasteiger partial charge in [0.25, 0.3) is 11.5 Å². The molecule has 3 aromatic heterocycles. The van der Waals surface area contributed by atoms with E-state index in [9.17, 15) is 22.8 Å². The zero-order valence-corrected chi connectivity index (χ0v) is 15.3. The Kier molecular flexibility index (Phi) is 4.66. The third kappa shape index (κ3) is 3.51. The lowest BCUT2D eigenvalue weighted by atomic mass is 9.96. The molecule has 0 bridgehead atoms. The first-order valence-corrected chi connectivity index (χ1v) is 9.51. The Hall–Kier alpha value is -2.75. The van der Waals surface area contributed by atoms with Gasteiger partial charge in [0.2, 0.25) is 0 Å². The first-order chi connectivity index (χ1) is 13.3. The third-order valence-corrected chi connectivity index (χ3v) is 5.71. The molecule has 0 saturated carbocycles. The Morgan fingerprint density at radius 3 is 2.71 bits per heavy atom. The van der Waals surface area contributed by atoms with Crippen LogP contribution in [0, 0.1) is 5.92 Å². The maximum atomic E-state index is 12.8. The average molecular weight is 408 g/mol. The summed E-state index contributed by atoms with van der Waals surface area (Å²) in [6.45, 7) is 0.104. The van der Waals surface area contributed by atoms with Crippen molar-refractivity contribution >= 4 is 27.5 Å². The molecule has 4 heterocycles. The van der Waals surface area contributed by atoms with E-state index in [1.54, 1.807) is 11.4 Å². The second-order valence-corrected chi connectivity index (χ2v) is 7.50. The van der Waals surface area contributed by atoms with Crippen LogP contribution in [0.5, 0.6) is 0 Å². The molecule has 146 valence electrons. The smallest absolute Gasteiger partial charge is 0.339 e. The number of aromatic nitrogens is 3. The lowest BCUT2D eigenvalue weighted by molar-refractivity contribution is -0.183. The van der Waals surface area contributed by atoms with Crippen LogP contribution in [0.4, 0.5) is 13.2 Å². The number of nitrogens with zero attached hydrogens (tertiary/aromatic N) is 3. The number of aromatic amines is 1. The number of hydrogen-bond donors (Lipinski definition) is 1. The molecular formula is C18H15F3N4O2S. The molecule has 0 aromatic carbocycles. The summed E-state index contributed by atoms with van der Waals surface area (Å²) < 4.78 is 38.9. The van der Waals surface area contributed by atoms with E-state index in [4.69, 9.17) is 0 Å². The van der Waals surface area contributed by atoms with Gasteiger partial charge in [-0.2, -0.15) is 13.2 Å². The molecule has 1 amide bonds. The highest BCUT2D eigenvalue weighted by Gasteiger charge is 2.41. The maximum absolute atomic E-state index is 12.8. The van der Waals surface area contributed by atoms with E-state index in [1.165, 1.54) is 34.6 Å². The standard InChI is InChI=1S/C18H15F3N4O2S/c19-18(20,21)11-2-6-25(7-3-11)17(27)10-1-5-22-13(9-10)15-23-12-4-8-28-14(12)16(26)24-15/h1,4-5,8-9,11H,2-3,6-7H2,(H,23,24,26). The number of piperidine rings is 1. The molecule has 0 atom stereocenters. The maximum Gasteiger partial charge on any atom is 0.391 e. The van der Waals surface area contributed by atoms with Gasteiger partial charge in [-0.1, -0.05) is 0 Å². The Morgan fingerprint density at radius 1 is 1.25 bits per heavy atom. The fourth-order valence-electron chi connectivity index (χ4n) is 3.28. The Balaban J connectivity index is 1.57. The lowest BCUT2D eigenvalue weighted by Crippen LogP contribution is -2.42. The van der Waals surface area contributed by atoms with Gasteiger partial charge in [-0.05, 0) is 36.4 Å². The number of H-pyrrole nitrogens is 1. The molecule has 0 unspecified atom stereocenters. The van der Waals surface area contributed by atoms with Crippen molar-refractivity contribution < 1.29 is 18.0 Å². The van der Waals surface area contributed by atoms with E-state index in [-0.39, 0.29) is 43.2 Å². The molecule has 1 N–H and O–H groups in total. The zero-order valence-electron chi connectivity index (χ0n) is 14.5. The van der Waals surface area contributed by atoms with Crippen LogP contribution in [0.3, 0.4) is 0 Å². The molecule has 0 radical (unpaired) electrons. The molecule has 1 aliphatic heterocycles. The topological polar surface area (TPSA) is 79.0 Å². The highest BCUT2D eigenvalue weighted by atomic mass is 32.1. The van der Waals surface area contributed by atoms with Crippen molar-refractivity contribution in [2.75, 3.05) is 13.1 Å². The average Bonchev–Trinajstić information content (AvgIpc) is 3.16. The number of likely N-dealkylation sites (tertiary alicyclic amines) is 1. The summed E-state index contributed by atoms with van der Waals surface area (Å²) in [4.78, 5) is 37.4. The van der Waals surface area contributed by atoms with E-state index in [1.807, 2.05) is 0 Å². The summed E-state index contributed by atoms with van der Waals surface area (Å²) in [5, 5.41) is 1.76. The van der Waals surface area contributed by atoms with Gasteiger partial charge in [0, 0.05) is 24.8 Å². The molecule has 1 saturated heterocycles. The van der Waals surface area contributed by atoms with Gasteiger partial charge in [0.05, 0.1) is 11.4 Å². The minimum absolute atomic E-state index is 0.0522. The quantitative estimate of drug-likeness (QED) is 0.704. The van der Waals surface area contributed by atoms with E-state index in [2.05, 4.69) is 15.0 Å². The molecule has 1 fully saturated rings. The minimum Gasteiger partial charge on any atom is -0.339 e. The summed E-state index contributed by atoms with van der Waals surface area (Å²) in [6.07, 6.45) is -3.01. The summed E-state index contributed by atoms with van der Waals surface area (Å²) in [7, 11) is 0. The van der Waals surface area contributed by atoms with Crippen molar-refractivity contribution in [3.63, 3.8) is 0 Å². The largest absolute Gasteiger partial charge is 0.391 e. The molecule has 6 nitrogen and oxygen atoms in total. The highest BCUT2D eigenvalue weighted by molar-refractivity contribution is 7.17. The molecular weight excluding hydrogens is 393 g/mol. The van der Waals surface area contributed by atoms with Crippen LogP contribution in [-0.4, -0.2) is 45.0 Å². The van der Waals surface area contributed by atoms with Gasteiger partial charge in [0.1, 0.15) is 10.4 Å². The normalized spacial score (nSPS) is 15.9. The number of alkyl halides is 3. The van der Waals surface area contributed by atoms with Crippen LogP contribution in [0.25, 0.3) is 21.7 Å². The zero-order chi connectivity index (χ0) is 19.9. The van der Waals surface area contributed by atoms with Gasteiger partial charge >= 0.3 is 6.18 Å². The second-order valence-electron chi connectivity index (χ2n) is 6.59. The number of amides is 1.